The largest absolute Gasteiger partial charge is 0.379 e. The molecule has 0 bridgehead atoms. The van der Waals surface area contributed by atoms with E-state index >= 15 is 0 Å². The number of rotatable bonds is 13. The maximum Gasteiger partial charge on any atom is 0.248 e. The summed E-state index contributed by atoms with van der Waals surface area (Å²) in [5.41, 5.74) is 0.803. The van der Waals surface area contributed by atoms with Crippen LogP contribution in [0.4, 0.5) is 0 Å². The third-order valence-electron chi connectivity index (χ3n) is 3.82. The lowest BCUT2D eigenvalue weighted by Gasteiger charge is -2.11. The van der Waals surface area contributed by atoms with E-state index in [1.54, 1.807) is 12.1 Å². The summed E-state index contributed by atoms with van der Waals surface area (Å²) >= 11 is 6.01. The molecule has 2 N–H and O–H groups in total. The third-order valence-corrected chi connectivity index (χ3v) is 4.06. The summed E-state index contributed by atoms with van der Waals surface area (Å²) in [7, 11) is 0. The van der Waals surface area contributed by atoms with Gasteiger partial charge in [0.15, 0.2) is 5.96 Å². The molecule has 9 heteroatoms. The van der Waals surface area contributed by atoms with Crippen molar-refractivity contribution in [1.29, 1.82) is 0 Å². The molecule has 1 heterocycles. The molecule has 29 heavy (non-hydrogen) atoms. The van der Waals surface area contributed by atoms with Crippen LogP contribution in [0.2, 0.25) is 5.02 Å². The van der Waals surface area contributed by atoms with Crippen LogP contribution in [0, 0.1) is 0 Å². The van der Waals surface area contributed by atoms with Gasteiger partial charge in [-0.3, -0.25) is 0 Å². The molecule has 0 spiro atoms. The highest BCUT2D eigenvalue weighted by molar-refractivity contribution is 6.30. The van der Waals surface area contributed by atoms with Crippen molar-refractivity contribution in [3.05, 3.63) is 35.2 Å². The molecule has 0 aliphatic heterocycles. The van der Waals surface area contributed by atoms with Gasteiger partial charge in [-0.25, -0.2) is 4.99 Å². The molecule has 0 unspecified atom stereocenters. The predicted octanol–water partition coefficient (Wildman–Crippen LogP) is 3.28. The second-order valence-corrected chi connectivity index (χ2v) is 6.66. The molecule has 0 amide bonds. The number of benzene rings is 1. The minimum atomic E-state index is 0.273. The first-order valence-corrected chi connectivity index (χ1v) is 10.4. The van der Waals surface area contributed by atoms with Gasteiger partial charge in [-0.2, -0.15) is 4.98 Å². The Morgan fingerprint density at radius 2 is 1.97 bits per heavy atom. The lowest BCUT2D eigenvalue weighted by atomic mass is 10.2. The Kier molecular flexibility index (Phi) is 11.1. The van der Waals surface area contributed by atoms with E-state index in [1.165, 1.54) is 0 Å². The van der Waals surface area contributed by atoms with E-state index in [0.29, 0.717) is 49.1 Å². The first-order chi connectivity index (χ1) is 14.2. The lowest BCUT2D eigenvalue weighted by molar-refractivity contribution is 0.0487. The molecule has 1 aromatic carbocycles. The summed E-state index contributed by atoms with van der Waals surface area (Å²) in [6.45, 7) is 8.39. The van der Waals surface area contributed by atoms with E-state index in [9.17, 15) is 0 Å². The number of hydrogen-bond donors (Lipinski definition) is 2. The maximum atomic E-state index is 6.01. The lowest BCUT2D eigenvalue weighted by Crippen LogP contribution is -2.39. The number of hydrogen-bond acceptors (Lipinski definition) is 6. The van der Waals surface area contributed by atoms with Crippen molar-refractivity contribution in [2.24, 2.45) is 4.99 Å². The standard InChI is InChI=1S/C20H30ClN5O3/c1-3-5-10-27-12-13-28-11-9-23-20(22-4-2)24-15-18-25-19(26-29-18)16-7-6-8-17(21)14-16/h6-8,14H,3-5,9-13,15H2,1-2H3,(H2,22,23,24). The predicted molar refractivity (Wildman–Crippen MR) is 114 cm³/mol. The zero-order valence-corrected chi connectivity index (χ0v) is 17.9. The van der Waals surface area contributed by atoms with E-state index in [2.05, 4.69) is 32.7 Å². The fourth-order valence-corrected chi connectivity index (χ4v) is 2.55. The Hall–Kier alpha value is -2.16. The highest BCUT2D eigenvalue weighted by Gasteiger charge is 2.09. The van der Waals surface area contributed by atoms with Crippen molar-refractivity contribution in [2.75, 3.05) is 39.5 Å². The molecule has 2 aromatic rings. The highest BCUT2D eigenvalue weighted by atomic mass is 35.5. The number of aliphatic imine (C=N–C) groups is 1. The number of aromatic nitrogens is 2. The van der Waals surface area contributed by atoms with Gasteiger partial charge in [0.05, 0.1) is 19.8 Å². The fraction of sp³-hybridized carbons (Fsp3) is 0.550. The van der Waals surface area contributed by atoms with Crippen LogP contribution in [-0.4, -0.2) is 55.6 Å². The number of nitrogens with one attached hydrogen (secondary N) is 2. The molecule has 2 rings (SSSR count). The molecule has 0 aliphatic rings. The van der Waals surface area contributed by atoms with Crippen LogP contribution in [0.15, 0.2) is 33.8 Å². The fourth-order valence-electron chi connectivity index (χ4n) is 2.36. The Morgan fingerprint density at radius 1 is 1.14 bits per heavy atom. The Balaban J connectivity index is 1.73. The average Bonchev–Trinajstić information content (AvgIpc) is 3.20. The Morgan fingerprint density at radius 3 is 2.72 bits per heavy atom. The molecule has 0 radical (unpaired) electrons. The molecule has 1 aromatic heterocycles. The summed E-state index contributed by atoms with van der Waals surface area (Å²) in [6, 6.07) is 7.32. The number of halogens is 1. The molecular formula is C20H30ClN5O3. The van der Waals surface area contributed by atoms with E-state index in [1.807, 2.05) is 19.1 Å². The molecule has 0 aliphatic carbocycles. The summed E-state index contributed by atoms with van der Waals surface area (Å²) in [6.07, 6.45) is 2.23. The van der Waals surface area contributed by atoms with E-state index in [-0.39, 0.29) is 6.54 Å². The van der Waals surface area contributed by atoms with Crippen LogP contribution in [-0.2, 0) is 16.0 Å². The van der Waals surface area contributed by atoms with Gasteiger partial charge in [0.25, 0.3) is 0 Å². The SMILES string of the molecule is CCCCOCCOCCNC(=NCc1nc(-c2cccc(Cl)c2)no1)NCC. The molecule has 0 atom stereocenters. The molecule has 160 valence electrons. The number of unbranched alkanes of at least 4 members (excludes halogenated alkanes) is 1. The number of ether oxygens (including phenoxy) is 2. The van der Waals surface area contributed by atoms with E-state index < -0.39 is 0 Å². The van der Waals surface area contributed by atoms with Crippen molar-refractivity contribution < 1.29 is 14.0 Å². The first kappa shape index (κ1) is 23.1. The molecule has 0 saturated carbocycles. The van der Waals surface area contributed by atoms with Crippen molar-refractivity contribution in [2.45, 2.75) is 33.2 Å². The normalized spacial score (nSPS) is 11.6. The van der Waals surface area contributed by atoms with Crippen LogP contribution in [0.1, 0.15) is 32.6 Å². The van der Waals surface area contributed by atoms with Gasteiger partial charge in [-0.15, -0.1) is 0 Å². The van der Waals surface area contributed by atoms with Gasteiger partial charge in [-0.1, -0.05) is 42.2 Å². The summed E-state index contributed by atoms with van der Waals surface area (Å²) in [5, 5.41) is 11.0. The van der Waals surface area contributed by atoms with Gasteiger partial charge >= 0.3 is 0 Å². The van der Waals surface area contributed by atoms with Crippen LogP contribution < -0.4 is 10.6 Å². The third kappa shape index (κ3) is 9.25. The van der Waals surface area contributed by atoms with Gasteiger partial charge in [0.2, 0.25) is 11.7 Å². The van der Waals surface area contributed by atoms with Crippen LogP contribution in [0.5, 0.6) is 0 Å². The first-order valence-electron chi connectivity index (χ1n) is 9.99. The molecule has 8 nitrogen and oxygen atoms in total. The molecule has 0 fully saturated rings. The minimum absolute atomic E-state index is 0.273. The van der Waals surface area contributed by atoms with Crippen LogP contribution in [0.25, 0.3) is 11.4 Å². The van der Waals surface area contributed by atoms with Gasteiger partial charge < -0.3 is 24.6 Å². The Bertz CT molecular complexity index is 738. The summed E-state index contributed by atoms with van der Waals surface area (Å²) < 4.78 is 16.3. The van der Waals surface area contributed by atoms with Crippen molar-refractivity contribution in [1.82, 2.24) is 20.8 Å². The van der Waals surface area contributed by atoms with Gasteiger partial charge in [0.1, 0.15) is 6.54 Å². The number of guanidine groups is 1. The monoisotopic (exact) mass is 423 g/mol. The van der Waals surface area contributed by atoms with Crippen molar-refractivity contribution in [3.8, 4) is 11.4 Å². The molecule has 0 saturated heterocycles. The number of nitrogens with zero attached hydrogens (tertiary/aromatic N) is 3. The van der Waals surface area contributed by atoms with Crippen LogP contribution >= 0.6 is 11.6 Å². The van der Waals surface area contributed by atoms with Crippen molar-refractivity contribution >= 4 is 17.6 Å². The zero-order valence-electron chi connectivity index (χ0n) is 17.1. The summed E-state index contributed by atoms with van der Waals surface area (Å²) in [5.74, 6) is 1.58. The molecular weight excluding hydrogens is 394 g/mol. The highest BCUT2D eigenvalue weighted by Crippen LogP contribution is 2.19. The van der Waals surface area contributed by atoms with E-state index in [0.717, 1.165) is 31.6 Å². The van der Waals surface area contributed by atoms with Crippen molar-refractivity contribution in [3.63, 3.8) is 0 Å². The second-order valence-electron chi connectivity index (χ2n) is 6.22. The second kappa shape index (κ2) is 13.9. The average molecular weight is 424 g/mol. The van der Waals surface area contributed by atoms with Gasteiger partial charge in [-0.05, 0) is 25.5 Å². The Labute approximate surface area is 177 Å². The maximum absolute atomic E-state index is 6.01. The zero-order chi connectivity index (χ0) is 20.7. The quantitative estimate of drug-likeness (QED) is 0.290. The van der Waals surface area contributed by atoms with Gasteiger partial charge in [0, 0.05) is 30.3 Å². The van der Waals surface area contributed by atoms with E-state index in [4.69, 9.17) is 25.6 Å². The minimum Gasteiger partial charge on any atom is -0.379 e. The summed E-state index contributed by atoms with van der Waals surface area (Å²) in [4.78, 5) is 8.84. The van der Waals surface area contributed by atoms with Crippen LogP contribution in [0.3, 0.4) is 0 Å². The smallest absolute Gasteiger partial charge is 0.248 e. The topological polar surface area (TPSA) is 93.8 Å².